The van der Waals surface area contributed by atoms with E-state index in [0.29, 0.717) is 6.61 Å². The van der Waals surface area contributed by atoms with Gasteiger partial charge in [-0.2, -0.15) is 0 Å². The van der Waals surface area contributed by atoms with Crippen LogP contribution in [0.1, 0.15) is 12.8 Å². The van der Waals surface area contributed by atoms with Crippen molar-refractivity contribution in [2.24, 2.45) is 12.5 Å². The second-order valence-electron chi connectivity index (χ2n) is 6.27. The summed E-state index contributed by atoms with van der Waals surface area (Å²) in [7, 11) is 3.56. The smallest absolute Gasteiger partial charge is 0.233 e. The normalized spacial score (nSPS) is 16.6. The zero-order chi connectivity index (χ0) is 17.7. The molecule has 1 saturated heterocycles. The second-order valence-corrected chi connectivity index (χ2v) is 7.31. The van der Waals surface area contributed by atoms with E-state index in [1.165, 1.54) is 11.8 Å². The number of nitrogens with one attached hydrogen (secondary N) is 2. The molecule has 0 unspecified atom stereocenters. The molecule has 1 amide bonds. The van der Waals surface area contributed by atoms with E-state index in [4.69, 9.17) is 4.74 Å². The SMILES string of the molecule is COCC1(C(=O)Nc2ccc(Sc3nncn3C)cc2)CCNCC1. The number of carbonyl (C=O) groups excluding carboxylic acids is 1. The Hall–Kier alpha value is -1.90. The predicted octanol–water partition coefficient (Wildman–Crippen LogP) is 1.92. The first-order chi connectivity index (χ1) is 12.1. The Morgan fingerprint density at radius 3 is 2.68 bits per heavy atom. The fourth-order valence-electron chi connectivity index (χ4n) is 2.96. The molecule has 7 nitrogen and oxygen atoms in total. The summed E-state index contributed by atoms with van der Waals surface area (Å²) in [4.78, 5) is 13.9. The minimum absolute atomic E-state index is 0.0320. The van der Waals surface area contributed by atoms with Crippen LogP contribution in [-0.4, -0.2) is 47.5 Å². The Labute approximate surface area is 151 Å². The van der Waals surface area contributed by atoms with Gasteiger partial charge in [-0.3, -0.25) is 4.79 Å². The number of rotatable bonds is 6. The van der Waals surface area contributed by atoms with Crippen molar-refractivity contribution in [3.8, 4) is 0 Å². The second kappa shape index (κ2) is 7.99. The molecule has 0 spiro atoms. The Balaban J connectivity index is 1.66. The van der Waals surface area contributed by atoms with Gasteiger partial charge in [0.2, 0.25) is 5.91 Å². The molecule has 0 radical (unpaired) electrons. The summed E-state index contributed by atoms with van der Waals surface area (Å²) < 4.78 is 7.19. The topological polar surface area (TPSA) is 81.1 Å². The van der Waals surface area contributed by atoms with Gasteiger partial charge in [-0.1, -0.05) is 0 Å². The lowest BCUT2D eigenvalue weighted by Crippen LogP contribution is -2.47. The highest BCUT2D eigenvalue weighted by atomic mass is 32.2. The number of amides is 1. The standard InChI is InChI=1S/C17H23N5O2S/c1-22-12-19-21-16(22)25-14-5-3-13(4-6-14)20-15(23)17(11-24-2)7-9-18-10-8-17/h3-6,12,18H,7-11H2,1-2H3,(H,20,23). The summed E-state index contributed by atoms with van der Waals surface area (Å²) in [6, 6.07) is 7.77. The zero-order valence-electron chi connectivity index (χ0n) is 14.5. The molecule has 1 fully saturated rings. The number of nitrogens with zero attached hydrogens (tertiary/aromatic N) is 3. The Morgan fingerprint density at radius 1 is 1.36 bits per heavy atom. The van der Waals surface area contributed by atoms with Crippen LogP contribution < -0.4 is 10.6 Å². The Bertz CT molecular complexity index is 705. The highest BCUT2D eigenvalue weighted by molar-refractivity contribution is 7.99. The number of anilines is 1. The quantitative estimate of drug-likeness (QED) is 0.818. The fourth-order valence-corrected chi connectivity index (χ4v) is 3.72. The van der Waals surface area contributed by atoms with Crippen molar-refractivity contribution in [3.63, 3.8) is 0 Å². The van der Waals surface area contributed by atoms with Crippen molar-refractivity contribution >= 4 is 23.4 Å². The summed E-state index contributed by atoms with van der Waals surface area (Å²) in [5.74, 6) is 0.0320. The molecule has 3 rings (SSSR count). The van der Waals surface area contributed by atoms with E-state index in [9.17, 15) is 4.79 Å². The van der Waals surface area contributed by atoms with Crippen LogP contribution in [0.2, 0.25) is 0 Å². The highest BCUT2D eigenvalue weighted by Gasteiger charge is 2.39. The van der Waals surface area contributed by atoms with Gasteiger partial charge in [0, 0.05) is 24.7 Å². The van der Waals surface area contributed by atoms with E-state index < -0.39 is 5.41 Å². The van der Waals surface area contributed by atoms with E-state index in [2.05, 4.69) is 20.8 Å². The molecular weight excluding hydrogens is 338 g/mol. The number of hydrogen-bond acceptors (Lipinski definition) is 6. The zero-order valence-corrected chi connectivity index (χ0v) is 15.3. The van der Waals surface area contributed by atoms with Crippen molar-refractivity contribution in [3.05, 3.63) is 30.6 Å². The van der Waals surface area contributed by atoms with Crippen molar-refractivity contribution < 1.29 is 9.53 Å². The lowest BCUT2D eigenvalue weighted by molar-refractivity contribution is -0.130. The van der Waals surface area contributed by atoms with Crippen LogP contribution >= 0.6 is 11.8 Å². The van der Waals surface area contributed by atoms with Crippen LogP contribution in [0.25, 0.3) is 0 Å². The van der Waals surface area contributed by atoms with Gasteiger partial charge in [-0.25, -0.2) is 0 Å². The van der Waals surface area contributed by atoms with E-state index in [0.717, 1.165) is 41.7 Å². The number of methoxy groups -OCH3 is 1. The molecule has 2 aromatic rings. The van der Waals surface area contributed by atoms with Crippen LogP contribution in [0.3, 0.4) is 0 Å². The molecule has 8 heteroatoms. The number of ether oxygens (including phenoxy) is 1. The number of aromatic nitrogens is 3. The number of hydrogen-bond donors (Lipinski definition) is 2. The first-order valence-electron chi connectivity index (χ1n) is 8.26. The molecule has 25 heavy (non-hydrogen) atoms. The van der Waals surface area contributed by atoms with E-state index in [1.807, 2.05) is 35.9 Å². The van der Waals surface area contributed by atoms with Gasteiger partial charge in [0.15, 0.2) is 5.16 Å². The molecule has 2 N–H and O–H groups in total. The van der Waals surface area contributed by atoms with E-state index >= 15 is 0 Å². The summed E-state index contributed by atoms with van der Waals surface area (Å²) in [5, 5.41) is 15.1. The van der Waals surface area contributed by atoms with Gasteiger partial charge in [0.1, 0.15) is 6.33 Å². The predicted molar refractivity (Wildman–Crippen MR) is 96.6 cm³/mol. The van der Waals surface area contributed by atoms with Crippen molar-refractivity contribution in [1.29, 1.82) is 0 Å². The van der Waals surface area contributed by atoms with Crippen molar-refractivity contribution in [1.82, 2.24) is 20.1 Å². The monoisotopic (exact) mass is 361 g/mol. The third kappa shape index (κ3) is 4.20. The maximum atomic E-state index is 12.8. The third-order valence-corrected chi connectivity index (χ3v) is 5.51. The van der Waals surface area contributed by atoms with Crippen molar-refractivity contribution in [2.45, 2.75) is 22.9 Å². The van der Waals surface area contributed by atoms with E-state index in [-0.39, 0.29) is 5.91 Å². The van der Waals surface area contributed by atoms with Crippen LogP contribution in [0, 0.1) is 5.41 Å². The molecule has 0 saturated carbocycles. The molecule has 1 aliphatic heterocycles. The van der Waals surface area contributed by atoms with Crippen LogP contribution in [-0.2, 0) is 16.6 Å². The number of piperidine rings is 1. The lowest BCUT2D eigenvalue weighted by atomic mass is 9.78. The molecule has 1 aromatic heterocycles. The molecule has 0 aliphatic carbocycles. The van der Waals surface area contributed by atoms with Gasteiger partial charge in [-0.05, 0) is 62.0 Å². The molecule has 1 aromatic carbocycles. The van der Waals surface area contributed by atoms with Crippen molar-refractivity contribution in [2.75, 3.05) is 32.1 Å². The van der Waals surface area contributed by atoms with Gasteiger partial charge >= 0.3 is 0 Å². The van der Waals surface area contributed by atoms with Gasteiger partial charge in [0.25, 0.3) is 0 Å². The molecule has 134 valence electrons. The molecule has 0 atom stereocenters. The number of aryl methyl sites for hydroxylation is 1. The summed E-state index contributed by atoms with van der Waals surface area (Å²) in [6.45, 7) is 2.12. The summed E-state index contributed by atoms with van der Waals surface area (Å²) in [6.07, 6.45) is 3.24. The third-order valence-electron chi connectivity index (χ3n) is 4.45. The van der Waals surface area contributed by atoms with E-state index in [1.54, 1.807) is 13.4 Å². The van der Waals surface area contributed by atoms with Gasteiger partial charge in [0.05, 0.1) is 12.0 Å². The van der Waals surface area contributed by atoms with Crippen LogP contribution in [0.15, 0.2) is 40.6 Å². The molecule has 1 aliphatic rings. The van der Waals surface area contributed by atoms with Crippen LogP contribution in [0.5, 0.6) is 0 Å². The fraction of sp³-hybridized carbons (Fsp3) is 0.471. The molecular formula is C17H23N5O2S. The minimum Gasteiger partial charge on any atom is -0.384 e. The van der Waals surface area contributed by atoms with Gasteiger partial charge < -0.3 is 19.9 Å². The average Bonchev–Trinajstić information content (AvgIpc) is 3.02. The maximum absolute atomic E-state index is 12.8. The maximum Gasteiger partial charge on any atom is 0.233 e. The lowest BCUT2D eigenvalue weighted by Gasteiger charge is -2.35. The molecule has 2 heterocycles. The first kappa shape index (κ1) is 17.9. The largest absolute Gasteiger partial charge is 0.384 e. The molecule has 0 bridgehead atoms. The Kier molecular flexibility index (Phi) is 5.72. The average molecular weight is 361 g/mol. The Morgan fingerprint density at radius 2 is 2.08 bits per heavy atom. The first-order valence-corrected chi connectivity index (χ1v) is 9.08. The number of carbonyl (C=O) groups is 1. The van der Waals surface area contributed by atoms with Gasteiger partial charge in [-0.15, -0.1) is 10.2 Å². The highest BCUT2D eigenvalue weighted by Crippen LogP contribution is 2.31. The number of benzene rings is 1. The summed E-state index contributed by atoms with van der Waals surface area (Å²) in [5.41, 5.74) is 0.341. The summed E-state index contributed by atoms with van der Waals surface area (Å²) >= 11 is 1.53. The van der Waals surface area contributed by atoms with Crippen LogP contribution in [0.4, 0.5) is 5.69 Å². The minimum atomic E-state index is -0.452.